The van der Waals surface area contributed by atoms with Crippen LogP contribution in [0.5, 0.6) is 0 Å². The summed E-state index contributed by atoms with van der Waals surface area (Å²) in [7, 11) is 2.29. The van der Waals surface area contributed by atoms with Gasteiger partial charge in [-0.1, -0.05) is 30.7 Å². The summed E-state index contributed by atoms with van der Waals surface area (Å²) >= 11 is 0. The molecule has 2 fully saturated rings. The normalized spacial score (nSPS) is 24.6. The lowest BCUT2D eigenvalue weighted by molar-refractivity contribution is 0.179. The summed E-state index contributed by atoms with van der Waals surface area (Å²) in [4.78, 5) is 2.59. The maximum absolute atomic E-state index is 8.79. The molecule has 3 rings (SSSR count). The van der Waals surface area contributed by atoms with Crippen LogP contribution in [0.15, 0.2) is 30.5 Å². The Balaban J connectivity index is 0.000000170. The third kappa shape index (κ3) is 4.22. The molecule has 0 spiro atoms. The molecule has 2 saturated heterocycles. The highest BCUT2D eigenvalue weighted by molar-refractivity contribution is 5.62. The first-order valence-corrected chi connectivity index (χ1v) is 7.99. The Morgan fingerprint density at radius 3 is 2.27 bits per heavy atom. The van der Waals surface area contributed by atoms with Gasteiger partial charge >= 0.3 is 0 Å². The van der Waals surface area contributed by atoms with E-state index in [9.17, 15) is 0 Å². The zero-order valence-electron chi connectivity index (χ0n) is 13.3. The molecule has 2 atom stereocenters. The second kappa shape index (κ2) is 8.17. The Labute approximate surface area is 133 Å². The number of rotatable bonds is 3. The van der Waals surface area contributed by atoms with E-state index in [-0.39, 0.29) is 6.61 Å². The van der Waals surface area contributed by atoms with Crippen LogP contribution in [0.1, 0.15) is 43.2 Å². The monoisotopic (exact) mass is 304 g/mol. The fraction of sp³-hybridized carbons (Fsp3) is 0.529. The minimum absolute atomic E-state index is 0.0407. The highest BCUT2D eigenvalue weighted by atomic mass is 16.3. The van der Waals surface area contributed by atoms with Crippen LogP contribution in [-0.2, 0) is 6.61 Å². The van der Waals surface area contributed by atoms with Crippen LogP contribution >= 0.6 is 0 Å². The summed E-state index contributed by atoms with van der Waals surface area (Å²) in [6.45, 7) is 0.0407. The summed E-state index contributed by atoms with van der Waals surface area (Å²) < 4.78 is 0. The van der Waals surface area contributed by atoms with Crippen molar-refractivity contribution in [3.63, 3.8) is 0 Å². The van der Waals surface area contributed by atoms with Gasteiger partial charge in [0.15, 0.2) is 0 Å². The van der Waals surface area contributed by atoms with Crippen LogP contribution in [0.3, 0.4) is 0 Å². The van der Waals surface area contributed by atoms with Gasteiger partial charge in [-0.25, -0.2) is 0 Å². The zero-order valence-corrected chi connectivity index (χ0v) is 13.3. The number of nitrogens with one attached hydrogen (secondary N) is 1. The Morgan fingerprint density at radius 1 is 1.23 bits per heavy atom. The number of hydrogen-bond donors (Lipinski definition) is 4. The summed E-state index contributed by atoms with van der Waals surface area (Å²) in [6, 6.07) is 9.20. The van der Waals surface area contributed by atoms with Gasteiger partial charge in [0.05, 0.1) is 12.3 Å². The summed E-state index contributed by atoms with van der Waals surface area (Å²) in [5.41, 5.74) is 10.3. The number of benzene rings is 1. The molecular weight excluding hydrogens is 276 g/mol. The predicted octanol–water partition coefficient (Wildman–Crippen LogP) is 1.53. The van der Waals surface area contributed by atoms with Gasteiger partial charge in [0.2, 0.25) is 0 Å². The first-order valence-electron chi connectivity index (χ1n) is 7.99. The van der Waals surface area contributed by atoms with Crippen molar-refractivity contribution in [1.29, 1.82) is 0 Å². The van der Waals surface area contributed by atoms with E-state index in [0.717, 1.165) is 23.2 Å². The smallest absolute Gasteiger partial charge is 0.0681 e. The molecule has 0 aromatic heterocycles. The molecule has 2 unspecified atom stereocenters. The minimum atomic E-state index is 0.0407. The molecule has 2 heterocycles. The maximum atomic E-state index is 8.79. The van der Waals surface area contributed by atoms with Gasteiger partial charge in [0.1, 0.15) is 0 Å². The molecule has 22 heavy (non-hydrogen) atoms. The molecule has 0 aliphatic carbocycles. The average molecular weight is 304 g/mol. The van der Waals surface area contributed by atoms with E-state index < -0.39 is 0 Å². The van der Waals surface area contributed by atoms with Crippen LogP contribution in [-0.4, -0.2) is 29.1 Å². The fourth-order valence-corrected chi connectivity index (χ4v) is 3.35. The van der Waals surface area contributed by atoms with Crippen LogP contribution in [0.2, 0.25) is 0 Å². The van der Waals surface area contributed by atoms with Crippen molar-refractivity contribution in [2.75, 3.05) is 7.05 Å². The SMILES string of the molecule is CN1C2CCCC1CC2.NN/C=C(\N)c1ccc(CO)cc1. The van der Waals surface area contributed by atoms with Gasteiger partial charge in [0, 0.05) is 18.3 Å². The van der Waals surface area contributed by atoms with Crippen LogP contribution in [0.4, 0.5) is 0 Å². The summed E-state index contributed by atoms with van der Waals surface area (Å²) in [5, 5.41) is 8.79. The number of nitrogens with two attached hydrogens (primary N) is 2. The standard InChI is InChI=1S/C9H13N3O.C8H15N/c10-9(5-12-11)8-3-1-7(6-13)2-4-8;1-9-7-3-2-4-8(9)6-5-7/h1-5,12-13H,6,10-11H2;7-8H,2-6H2,1H3/b9-5-;. The molecule has 0 radical (unpaired) electrons. The van der Waals surface area contributed by atoms with Crippen molar-refractivity contribution >= 4 is 5.70 Å². The second-order valence-electron chi connectivity index (χ2n) is 6.10. The molecule has 1 aromatic rings. The van der Waals surface area contributed by atoms with Gasteiger partial charge < -0.3 is 21.2 Å². The molecule has 5 heteroatoms. The third-order valence-electron chi connectivity index (χ3n) is 4.77. The topological polar surface area (TPSA) is 87.5 Å². The summed E-state index contributed by atoms with van der Waals surface area (Å²) in [5.74, 6) is 5.08. The quantitative estimate of drug-likeness (QED) is 0.502. The number of piperidine rings is 1. The first kappa shape index (κ1) is 16.8. The first-order chi connectivity index (χ1) is 10.7. The Hall–Kier alpha value is -1.56. The summed E-state index contributed by atoms with van der Waals surface area (Å²) in [6.07, 6.45) is 8.87. The molecule has 0 amide bonds. The van der Waals surface area contributed by atoms with Gasteiger partial charge in [0.25, 0.3) is 0 Å². The lowest BCUT2D eigenvalue weighted by Crippen LogP contribution is -2.35. The molecular formula is C17H28N4O. The van der Waals surface area contributed by atoms with Crippen molar-refractivity contribution in [2.45, 2.75) is 50.8 Å². The number of aliphatic hydroxyl groups excluding tert-OH is 1. The van der Waals surface area contributed by atoms with Gasteiger partial charge in [-0.3, -0.25) is 5.84 Å². The highest BCUT2D eigenvalue weighted by Crippen LogP contribution is 2.33. The van der Waals surface area contributed by atoms with Gasteiger partial charge in [-0.05, 0) is 43.9 Å². The predicted molar refractivity (Wildman–Crippen MR) is 90.3 cm³/mol. The molecule has 6 N–H and O–H groups in total. The lowest BCUT2D eigenvalue weighted by Gasteiger charge is -2.30. The van der Waals surface area contributed by atoms with Crippen molar-refractivity contribution in [1.82, 2.24) is 10.3 Å². The van der Waals surface area contributed by atoms with E-state index in [1.54, 1.807) is 0 Å². The van der Waals surface area contributed by atoms with Crippen molar-refractivity contribution in [3.8, 4) is 0 Å². The highest BCUT2D eigenvalue weighted by Gasteiger charge is 2.33. The fourth-order valence-electron chi connectivity index (χ4n) is 3.35. The van der Waals surface area contributed by atoms with Crippen molar-refractivity contribution in [2.24, 2.45) is 11.6 Å². The molecule has 2 aliphatic heterocycles. The Bertz CT molecular complexity index is 470. The zero-order chi connectivity index (χ0) is 15.9. The average Bonchev–Trinajstić information content (AvgIpc) is 2.77. The number of fused-ring (bicyclic) bond motifs is 2. The van der Waals surface area contributed by atoms with E-state index in [4.69, 9.17) is 16.7 Å². The van der Waals surface area contributed by atoms with E-state index >= 15 is 0 Å². The van der Waals surface area contributed by atoms with E-state index in [1.165, 1.54) is 38.3 Å². The van der Waals surface area contributed by atoms with Crippen LogP contribution in [0, 0.1) is 0 Å². The van der Waals surface area contributed by atoms with Crippen LogP contribution < -0.4 is 17.0 Å². The molecule has 5 nitrogen and oxygen atoms in total. The maximum Gasteiger partial charge on any atom is 0.0681 e. The van der Waals surface area contributed by atoms with Gasteiger partial charge in [-0.2, -0.15) is 0 Å². The Morgan fingerprint density at radius 2 is 1.82 bits per heavy atom. The number of hydrazine groups is 1. The molecule has 2 bridgehead atoms. The van der Waals surface area contributed by atoms with Crippen molar-refractivity contribution < 1.29 is 5.11 Å². The largest absolute Gasteiger partial charge is 0.397 e. The van der Waals surface area contributed by atoms with Crippen LogP contribution in [0.25, 0.3) is 5.70 Å². The van der Waals surface area contributed by atoms with Crippen molar-refractivity contribution in [3.05, 3.63) is 41.6 Å². The molecule has 0 saturated carbocycles. The third-order valence-corrected chi connectivity index (χ3v) is 4.77. The molecule has 2 aliphatic rings. The number of aliphatic hydroxyl groups is 1. The Kier molecular flexibility index (Phi) is 6.24. The van der Waals surface area contributed by atoms with Gasteiger partial charge in [-0.15, -0.1) is 0 Å². The van der Waals surface area contributed by atoms with E-state index in [2.05, 4.69) is 17.4 Å². The lowest BCUT2D eigenvalue weighted by atomic mass is 10.0. The number of nitrogens with zero attached hydrogens (tertiary/aromatic N) is 1. The molecule has 1 aromatic carbocycles. The number of hydrogen-bond acceptors (Lipinski definition) is 5. The van der Waals surface area contributed by atoms with E-state index in [0.29, 0.717) is 5.70 Å². The molecule has 122 valence electrons. The van der Waals surface area contributed by atoms with E-state index in [1.807, 2.05) is 24.3 Å². The second-order valence-corrected chi connectivity index (χ2v) is 6.10. The minimum Gasteiger partial charge on any atom is -0.397 e.